The molecule has 1 aliphatic heterocycles. The number of rotatable bonds is 1. The summed E-state index contributed by atoms with van der Waals surface area (Å²) < 4.78 is 5.67. The van der Waals surface area contributed by atoms with Gasteiger partial charge in [0.25, 0.3) is 0 Å². The molecule has 2 rings (SSSR count). The smallest absolute Gasteiger partial charge is 0.180 e. The third-order valence-corrected chi connectivity index (χ3v) is 3.35. The fourth-order valence-corrected chi connectivity index (χ4v) is 2.62. The second-order valence-corrected chi connectivity index (χ2v) is 5.30. The van der Waals surface area contributed by atoms with E-state index >= 15 is 0 Å². The molecule has 4 heteroatoms. The maximum atomic E-state index is 5.67. The van der Waals surface area contributed by atoms with Crippen molar-refractivity contribution in [2.45, 2.75) is 38.2 Å². The summed E-state index contributed by atoms with van der Waals surface area (Å²) in [7, 11) is 0. The molecule has 1 aromatic heterocycles. The van der Waals surface area contributed by atoms with Gasteiger partial charge in [0.1, 0.15) is 0 Å². The van der Waals surface area contributed by atoms with Crippen LogP contribution in [0.4, 0.5) is 5.13 Å². The molecule has 0 saturated carbocycles. The highest BCUT2D eigenvalue weighted by atomic mass is 32.1. The number of anilines is 1. The molecule has 0 aliphatic carbocycles. The molecule has 3 nitrogen and oxygen atoms in total. The fourth-order valence-electron chi connectivity index (χ4n) is 1.97. The minimum Gasteiger partial charge on any atom is -0.376 e. The molecule has 1 fully saturated rings. The predicted molar refractivity (Wildman–Crippen MR) is 58.5 cm³/mol. The molecule has 0 unspecified atom stereocenters. The van der Waals surface area contributed by atoms with E-state index in [0.29, 0.717) is 11.0 Å². The van der Waals surface area contributed by atoms with Crippen molar-refractivity contribution in [1.29, 1.82) is 0 Å². The highest BCUT2D eigenvalue weighted by Gasteiger charge is 2.30. The van der Waals surface area contributed by atoms with Gasteiger partial charge in [-0.25, -0.2) is 4.98 Å². The fraction of sp³-hybridized carbons (Fsp3) is 0.700. The van der Waals surface area contributed by atoms with Crippen molar-refractivity contribution < 1.29 is 4.74 Å². The molecule has 1 atom stereocenters. The summed E-state index contributed by atoms with van der Waals surface area (Å²) in [6.45, 7) is 5.10. The zero-order chi connectivity index (χ0) is 10.2. The molecule has 1 aromatic rings. The van der Waals surface area contributed by atoms with Crippen molar-refractivity contribution in [1.82, 2.24) is 4.98 Å². The Balaban J connectivity index is 2.12. The largest absolute Gasteiger partial charge is 0.376 e. The van der Waals surface area contributed by atoms with Crippen LogP contribution in [0.1, 0.15) is 38.3 Å². The van der Waals surface area contributed by atoms with Crippen LogP contribution in [-0.2, 0) is 4.74 Å². The van der Waals surface area contributed by atoms with E-state index in [1.165, 1.54) is 11.3 Å². The van der Waals surface area contributed by atoms with Gasteiger partial charge in [-0.15, -0.1) is 11.3 Å². The summed E-state index contributed by atoms with van der Waals surface area (Å²) in [5, 5.41) is 2.74. The van der Waals surface area contributed by atoms with E-state index in [0.717, 1.165) is 25.1 Å². The monoisotopic (exact) mass is 212 g/mol. The Kier molecular flexibility index (Phi) is 2.49. The first-order chi connectivity index (χ1) is 6.57. The number of hydrogen-bond acceptors (Lipinski definition) is 4. The molecule has 0 aromatic carbocycles. The van der Waals surface area contributed by atoms with Gasteiger partial charge in [-0.05, 0) is 26.7 Å². The third-order valence-electron chi connectivity index (χ3n) is 2.66. The summed E-state index contributed by atoms with van der Waals surface area (Å²) in [5.74, 6) is 0.521. The summed E-state index contributed by atoms with van der Waals surface area (Å²) in [5.41, 5.74) is 6.76. The Bertz CT molecular complexity index is 322. The molecule has 0 spiro atoms. The maximum absolute atomic E-state index is 5.67. The summed E-state index contributed by atoms with van der Waals surface area (Å²) in [4.78, 5) is 4.34. The van der Waals surface area contributed by atoms with Crippen LogP contribution in [0.3, 0.4) is 0 Å². The van der Waals surface area contributed by atoms with Crippen molar-refractivity contribution in [3.8, 4) is 0 Å². The molecular formula is C10H16N2OS. The summed E-state index contributed by atoms with van der Waals surface area (Å²) in [6, 6.07) is 0. The van der Waals surface area contributed by atoms with E-state index in [4.69, 9.17) is 10.5 Å². The topological polar surface area (TPSA) is 48.1 Å². The molecule has 0 bridgehead atoms. The molecule has 1 aliphatic rings. The number of nitrogens with two attached hydrogens (primary N) is 1. The lowest BCUT2D eigenvalue weighted by molar-refractivity contribution is -0.0597. The first-order valence-electron chi connectivity index (χ1n) is 4.92. The van der Waals surface area contributed by atoms with Crippen LogP contribution in [-0.4, -0.2) is 17.2 Å². The van der Waals surface area contributed by atoms with Gasteiger partial charge in [0, 0.05) is 17.9 Å². The van der Waals surface area contributed by atoms with Crippen LogP contribution in [0.2, 0.25) is 0 Å². The lowest BCUT2D eigenvalue weighted by Gasteiger charge is -2.34. The van der Waals surface area contributed by atoms with Crippen LogP contribution < -0.4 is 5.73 Å². The van der Waals surface area contributed by atoms with Crippen molar-refractivity contribution in [3.05, 3.63) is 11.1 Å². The van der Waals surface area contributed by atoms with E-state index in [2.05, 4.69) is 24.2 Å². The van der Waals surface area contributed by atoms with Crippen LogP contribution in [0.15, 0.2) is 5.38 Å². The first-order valence-corrected chi connectivity index (χ1v) is 5.80. The quantitative estimate of drug-likeness (QED) is 0.777. The zero-order valence-electron chi connectivity index (χ0n) is 8.62. The van der Waals surface area contributed by atoms with E-state index in [-0.39, 0.29) is 5.60 Å². The minimum atomic E-state index is -0.0126. The minimum absolute atomic E-state index is 0.0126. The highest BCUT2D eigenvalue weighted by Crippen LogP contribution is 2.36. The van der Waals surface area contributed by atoms with E-state index < -0.39 is 0 Å². The zero-order valence-corrected chi connectivity index (χ0v) is 9.43. The van der Waals surface area contributed by atoms with Crippen molar-refractivity contribution >= 4 is 16.5 Å². The van der Waals surface area contributed by atoms with Crippen LogP contribution >= 0.6 is 11.3 Å². The Morgan fingerprint density at radius 1 is 1.64 bits per heavy atom. The molecule has 1 saturated heterocycles. The lowest BCUT2D eigenvalue weighted by Crippen LogP contribution is -2.33. The molecule has 2 heterocycles. The summed E-state index contributed by atoms with van der Waals surface area (Å²) >= 11 is 1.52. The standard InChI is InChI=1S/C10H16N2OS/c1-10(2)5-7(3-4-13-10)8-6-14-9(11)12-8/h6-7H,3-5H2,1-2H3,(H2,11,12)/t7-/m0/s1. The first kappa shape index (κ1) is 9.93. The van der Waals surface area contributed by atoms with Crippen LogP contribution in [0, 0.1) is 0 Å². The normalized spacial score (nSPS) is 26.3. The molecule has 14 heavy (non-hydrogen) atoms. The van der Waals surface area contributed by atoms with Gasteiger partial charge in [-0.2, -0.15) is 0 Å². The van der Waals surface area contributed by atoms with Gasteiger partial charge >= 0.3 is 0 Å². The Morgan fingerprint density at radius 2 is 2.43 bits per heavy atom. The molecule has 0 amide bonds. The summed E-state index contributed by atoms with van der Waals surface area (Å²) in [6.07, 6.45) is 2.10. The van der Waals surface area contributed by atoms with Crippen LogP contribution in [0.5, 0.6) is 0 Å². The predicted octanol–water partition coefficient (Wildman–Crippen LogP) is 2.40. The Hall–Kier alpha value is -0.610. The molecule has 2 N–H and O–H groups in total. The van der Waals surface area contributed by atoms with Crippen molar-refractivity contribution in [2.24, 2.45) is 0 Å². The number of nitrogens with zero attached hydrogens (tertiary/aromatic N) is 1. The van der Waals surface area contributed by atoms with Gasteiger partial charge in [-0.3, -0.25) is 0 Å². The highest BCUT2D eigenvalue weighted by molar-refractivity contribution is 7.13. The average molecular weight is 212 g/mol. The molecular weight excluding hydrogens is 196 g/mol. The third kappa shape index (κ3) is 2.07. The second-order valence-electron chi connectivity index (χ2n) is 4.41. The number of aromatic nitrogens is 1. The average Bonchev–Trinajstić information content (AvgIpc) is 2.50. The van der Waals surface area contributed by atoms with E-state index in [1.54, 1.807) is 0 Å². The van der Waals surface area contributed by atoms with Gasteiger partial charge < -0.3 is 10.5 Å². The van der Waals surface area contributed by atoms with Gasteiger partial charge in [-0.1, -0.05) is 0 Å². The molecule has 78 valence electrons. The van der Waals surface area contributed by atoms with E-state index in [1.807, 2.05) is 0 Å². The number of ether oxygens (including phenoxy) is 1. The van der Waals surface area contributed by atoms with E-state index in [9.17, 15) is 0 Å². The SMILES string of the molecule is CC1(C)C[C@@H](c2csc(N)n2)CCO1. The number of nitrogen functional groups attached to an aromatic ring is 1. The Labute approximate surface area is 88.3 Å². The maximum Gasteiger partial charge on any atom is 0.180 e. The van der Waals surface area contributed by atoms with Crippen LogP contribution in [0.25, 0.3) is 0 Å². The lowest BCUT2D eigenvalue weighted by atomic mass is 9.87. The van der Waals surface area contributed by atoms with Gasteiger partial charge in [0.15, 0.2) is 5.13 Å². The second kappa shape index (κ2) is 3.51. The number of thiazole rings is 1. The van der Waals surface area contributed by atoms with Gasteiger partial charge in [0.2, 0.25) is 0 Å². The van der Waals surface area contributed by atoms with Gasteiger partial charge in [0.05, 0.1) is 11.3 Å². The number of hydrogen-bond donors (Lipinski definition) is 1. The van der Waals surface area contributed by atoms with Crippen molar-refractivity contribution in [3.63, 3.8) is 0 Å². The molecule has 0 radical (unpaired) electrons. The Morgan fingerprint density at radius 3 is 3.00 bits per heavy atom. The van der Waals surface area contributed by atoms with Crippen molar-refractivity contribution in [2.75, 3.05) is 12.3 Å².